The third-order valence-electron chi connectivity index (χ3n) is 3.65. The van der Waals surface area contributed by atoms with Gasteiger partial charge in [-0.15, -0.1) is 11.3 Å². The molecular weight excluding hydrogens is 298 g/mol. The van der Waals surface area contributed by atoms with Crippen LogP contribution in [0.25, 0.3) is 0 Å². The van der Waals surface area contributed by atoms with Crippen molar-refractivity contribution in [2.24, 2.45) is 0 Å². The van der Waals surface area contributed by atoms with Crippen molar-refractivity contribution >= 4 is 28.2 Å². The van der Waals surface area contributed by atoms with Crippen LogP contribution in [0, 0.1) is 0 Å². The Bertz CT molecular complexity index is 393. The summed E-state index contributed by atoms with van der Waals surface area (Å²) in [4.78, 5) is 8.73. The zero-order valence-corrected chi connectivity index (χ0v) is 15.9. The largest absolute Gasteiger partial charge is 0.347 e. The molecule has 0 aliphatic rings. The van der Waals surface area contributed by atoms with E-state index in [0.29, 0.717) is 6.04 Å². The molecule has 0 amide bonds. The highest BCUT2D eigenvalue weighted by molar-refractivity contribution is 7.98. The molecule has 1 aromatic rings. The van der Waals surface area contributed by atoms with Gasteiger partial charge in [0.05, 0.1) is 5.69 Å². The lowest BCUT2D eigenvalue weighted by Gasteiger charge is -2.26. The quantitative estimate of drug-likeness (QED) is 0.617. The van der Waals surface area contributed by atoms with Crippen LogP contribution >= 0.6 is 23.1 Å². The van der Waals surface area contributed by atoms with E-state index in [1.165, 1.54) is 34.3 Å². The van der Waals surface area contributed by atoms with E-state index in [1.54, 1.807) is 0 Å². The molecule has 0 spiro atoms. The van der Waals surface area contributed by atoms with Gasteiger partial charge in [-0.1, -0.05) is 27.2 Å². The minimum atomic E-state index is 0.581. The molecule has 3 nitrogen and oxygen atoms in total. The van der Waals surface area contributed by atoms with Gasteiger partial charge in [0.15, 0.2) is 5.13 Å². The number of thioether (sulfide) groups is 1. The van der Waals surface area contributed by atoms with Crippen molar-refractivity contribution in [2.75, 3.05) is 30.5 Å². The number of aryl methyl sites for hydroxylation is 1. The zero-order chi connectivity index (χ0) is 15.7. The van der Waals surface area contributed by atoms with E-state index in [0.717, 1.165) is 25.9 Å². The molecule has 1 unspecified atom stereocenters. The van der Waals surface area contributed by atoms with Gasteiger partial charge in [-0.25, -0.2) is 4.98 Å². The number of thiazole rings is 1. The van der Waals surface area contributed by atoms with Gasteiger partial charge in [-0.2, -0.15) is 11.8 Å². The third kappa shape index (κ3) is 5.80. The van der Waals surface area contributed by atoms with Gasteiger partial charge in [-0.3, -0.25) is 0 Å². The van der Waals surface area contributed by atoms with Crippen molar-refractivity contribution in [3.05, 3.63) is 10.6 Å². The van der Waals surface area contributed by atoms with Crippen LogP contribution in [0.3, 0.4) is 0 Å². The van der Waals surface area contributed by atoms with Crippen LogP contribution in [-0.2, 0) is 13.0 Å². The Morgan fingerprint density at radius 2 is 2.05 bits per heavy atom. The van der Waals surface area contributed by atoms with E-state index >= 15 is 0 Å². The molecule has 0 aliphatic carbocycles. The molecule has 0 aliphatic heterocycles. The Balaban J connectivity index is 2.83. The van der Waals surface area contributed by atoms with Crippen molar-refractivity contribution < 1.29 is 0 Å². The number of nitrogens with zero attached hydrogens (tertiary/aromatic N) is 2. The Morgan fingerprint density at radius 3 is 2.62 bits per heavy atom. The maximum absolute atomic E-state index is 4.92. The molecule has 0 fully saturated rings. The Morgan fingerprint density at radius 1 is 1.29 bits per heavy atom. The predicted molar refractivity (Wildman–Crippen MR) is 99.0 cm³/mol. The lowest BCUT2D eigenvalue weighted by atomic mass is 10.2. The second-order valence-corrected chi connectivity index (χ2v) is 7.39. The molecule has 1 N–H and O–H groups in total. The van der Waals surface area contributed by atoms with E-state index in [-0.39, 0.29) is 0 Å². The monoisotopic (exact) mass is 329 g/mol. The first-order chi connectivity index (χ1) is 10.2. The summed E-state index contributed by atoms with van der Waals surface area (Å²) in [7, 11) is 2.20. The first kappa shape index (κ1) is 18.8. The number of nitrogens with one attached hydrogen (secondary N) is 1. The van der Waals surface area contributed by atoms with Crippen molar-refractivity contribution in [3.8, 4) is 0 Å². The van der Waals surface area contributed by atoms with E-state index in [1.807, 2.05) is 23.1 Å². The summed E-state index contributed by atoms with van der Waals surface area (Å²) in [6, 6.07) is 0.581. The van der Waals surface area contributed by atoms with E-state index in [4.69, 9.17) is 4.98 Å². The molecular formula is C16H31N3S2. The van der Waals surface area contributed by atoms with Crippen molar-refractivity contribution in [1.82, 2.24) is 10.3 Å². The first-order valence-corrected chi connectivity index (χ1v) is 10.3. The molecule has 0 bridgehead atoms. The minimum absolute atomic E-state index is 0.581. The summed E-state index contributed by atoms with van der Waals surface area (Å²) in [5.41, 5.74) is 1.30. The average Bonchev–Trinajstić information content (AvgIpc) is 2.88. The summed E-state index contributed by atoms with van der Waals surface area (Å²) in [5.74, 6) is 1.17. The number of hydrogen-bond donors (Lipinski definition) is 1. The summed E-state index contributed by atoms with van der Waals surface area (Å²) in [6.07, 6.45) is 6.78. The van der Waals surface area contributed by atoms with E-state index in [2.05, 4.69) is 44.3 Å². The van der Waals surface area contributed by atoms with Crippen LogP contribution in [-0.4, -0.2) is 36.6 Å². The van der Waals surface area contributed by atoms with Crippen molar-refractivity contribution in [2.45, 2.75) is 59.0 Å². The number of rotatable bonds is 11. The normalized spacial score (nSPS) is 12.6. The lowest BCUT2D eigenvalue weighted by Crippen LogP contribution is -2.33. The second-order valence-electron chi connectivity index (χ2n) is 5.42. The van der Waals surface area contributed by atoms with Gasteiger partial charge in [0.1, 0.15) is 0 Å². The van der Waals surface area contributed by atoms with E-state index < -0.39 is 0 Å². The molecule has 1 heterocycles. The van der Waals surface area contributed by atoms with Gasteiger partial charge in [-0.05, 0) is 32.1 Å². The fraction of sp³-hybridized carbons (Fsp3) is 0.812. The molecule has 1 aromatic heterocycles. The second kappa shape index (κ2) is 10.5. The van der Waals surface area contributed by atoms with E-state index in [9.17, 15) is 0 Å². The summed E-state index contributed by atoms with van der Waals surface area (Å²) >= 11 is 3.79. The first-order valence-electron chi connectivity index (χ1n) is 8.08. The fourth-order valence-corrected chi connectivity index (χ4v) is 4.27. The van der Waals surface area contributed by atoms with Gasteiger partial charge >= 0.3 is 0 Å². The van der Waals surface area contributed by atoms with Gasteiger partial charge < -0.3 is 10.2 Å². The van der Waals surface area contributed by atoms with Crippen LogP contribution in [0.1, 0.15) is 50.6 Å². The Labute approximate surface area is 138 Å². The minimum Gasteiger partial charge on any atom is -0.347 e. The average molecular weight is 330 g/mol. The maximum Gasteiger partial charge on any atom is 0.185 e. The van der Waals surface area contributed by atoms with Gasteiger partial charge in [0.2, 0.25) is 0 Å². The SMILES string of the molecule is CCCNCc1sc(N(C)C(CC)CSC)nc1CCC. The smallest absolute Gasteiger partial charge is 0.185 e. The highest BCUT2D eigenvalue weighted by atomic mass is 32.2. The van der Waals surface area contributed by atoms with Crippen LogP contribution < -0.4 is 10.2 Å². The topological polar surface area (TPSA) is 28.2 Å². The molecule has 1 atom stereocenters. The van der Waals surface area contributed by atoms with Gasteiger partial charge in [0.25, 0.3) is 0 Å². The number of hydrogen-bond acceptors (Lipinski definition) is 5. The summed E-state index contributed by atoms with van der Waals surface area (Å²) in [5, 5.41) is 4.71. The number of anilines is 1. The van der Waals surface area contributed by atoms with Crippen LogP contribution in [0.2, 0.25) is 0 Å². The lowest BCUT2D eigenvalue weighted by molar-refractivity contribution is 0.667. The van der Waals surface area contributed by atoms with Gasteiger partial charge in [0, 0.05) is 30.3 Å². The standard InChI is InChI=1S/C16H31N3S2/c1-6-9-14-15(11-17-10-7-2)21-16(18-14)19(4)13(8-3)12-20-5/h13,17H,6-12H2,1-5H3. The van der Waals surface area contributed by atoms with Crippen molar-refractivity contribution in [3.63, 3.8) is 0 Å². The Hall–Kier alpha value is -0.260. The van der Waals surface area contributed by atoms with Crippen LogP contribution in [0.4, 0.5) is 5.13 Å². The molecule has 122 valence electrons. The highest BCUT2D eigenvalue weighted by Crippen LogP contribution is 2.29. The summed E-state index contributed by atoms with van der Waals surface area (Å²) < 4.78 is 0. The predicted octanol–water partition coefficient (Wildman–Crippen LogP) is 4.17. The molecule has 0 radical (unpaired) electrons. The molecule has 0 aromatic carbocycles. The Kier molecular flexibility index (Phi) is 9.36. The third-order valence-corrected chi connectivity index (χ3v) is 5.55. The highest BCUT2D eigenvalue weighted by Gasteiger charge is 2.18. The molecule has 21 heavy (non-hydrogen) atoms. The summed E-state index contributed by atoms with van der Waals surface area (Å²) in [6.45, 7) is 8.75. The maximum atomic E-state index is 4.92. The molecule has 0 saturated carbocycles. The molecule has 5 heteroatoms. The van der Waals surface area contributed by atoms with Crippen LogP contribution in [0.5, 0.6) is 0 Å². The number of aromatic nitrogens is 1. The molecule has 0 saturated heterocycles. The van der Waals surface area contributed by atoms with Crippen molar-refractivity contribution in [1.29, 1.82) is 0 Å². The van der Waals surface area contributed by atoms with Crippen LogP contribution in [0.15, 0.2) is 0 Å². The molecule has 1 rings (SSSR count). The fourth-order valence-electron chi connectivity index (χ4n) is 2.32. The zero-order valence-electron chi connectivity index (χ0n) is 14.2.